The van der Waals surface area contributed by atoms with Crippen LogP contribution in [0.4, 0.5) is 18.9 Å². The summed E-state index contributed by atoms with van der Waals surface area (Å²) in [6.45, 7) is 1.11. The van der Waals surface area contributed by atoms with Gasteiger partial charge >= 0.3 is 0 Å². The molecule has 1 heterocycles. The summed E-state index contributed by atoms with van der Waals surface area (Å²) in [5.74, 6) is -3.80. The summed E-state index contributed by atoms with van der Waals surface area (Å²) in [7, 11) is 0. The van der Waals surface area contributed by atoms with E-state index in [4.69, 9.17) is 4.74 Å². The summed E-state index contributed by atoms with van der Waals surface area (Å²) in [5.41, 5.74) is -0.0296. The molecule has 0 amide bonds. The molecule has 2 nitrogen and oxygen atoms in total. The number of hydrogen-bond acceptors (Lipinski definition) is 2. The fourth-order valence-electron chi connectivity index (χ4n) is 1.85. The number of halogens is 3. The van der Waals surface area contributed by atoms with E-state index in [1.54, 1.807) is 0 Å². The second-order valence-corrected chi connectivity index (χ2v) is 4.09. The smallest absolute Gasteiger partial charge is 0.196 e. The maximum Gasteiger partial charge on any atom is 0.196 e. The standard InChI is InChI=1S/C12H14F3NO/c13-9-4-5-10(12(15)11(9)14)16-7-8-3-1-2-6-17-8/h4-5,8,16H,1-3,6-7H2. The van der Waals surface area contributed by atoms with Crippen molar-refractivity contribution in [2.75, 3.05) is 18.5 Å². The summed E-state index contributed by atoms with van der Waals surface area (Å²) in [5, 5.41) is 2.74. The van der Waals surface area contributed by atoms with Gasteiger partial charge in [-0.2, -0.15) is 0 Å². The second-order valence-electron chi connectivity index (χ2n) is 4.09. The number of nitrogens with one attached hydrogen (secondary N) is 1. The Kier molecular flexibility index (Phi) is 3.89. The van der Waals surface area contributed by atoms with Crippen molar-refractivity contribution >= 4 is 5.69 Å². The third kappa shape index (κ3) is 2.91. The summed E-state index contributed by atoms with van der Waals surface area (Å²) in [6, 6.07) is 2.10. The molecule has 1 N–H and O–H groups in total. The molecule has 1 aliphatic rings. The monoisotopic (exact) mass is 245 g/mol. The van der Waals surface area contributed by atoms with Crippen molar-refractivity contribution in [2.24, 2.45) is 0 Å². The highest BCUT2D eigenvalue weighted by atomic mass is 19.2. The van der Waals surface area contributed by atoms with Crippen molar-refractivity contribution in [3.63, 3.8) is 0 Å². The Hall–Kier alpha value is -1.23. The third-order valence-corrected chi connectivity index (χ3v) is 2.83. The maximum atomic E-state index is 13.3. The molecule has 1 aliphatic heterocycles. The maximum absolute atomic E-state index is 13.3. The molecular weight excluding hydrogens is 231 g/mol. The summed E-state index contributed by atoms with van der Waals surface area (Å²) in [6.07, 6.45) is 3.03. The molecular formula is C12H14F3NO. The zero-order valence-electron chi connectivity index (χ0n) is 9.31. The zero-order chi connectivity index (χ0) is 12.3. The molecule has 94 valence electrons. The second kappa shape index (κ2) is 5.40. The summed E-state index contributed by atoms with van der Waals surface area (Å²) >= 11 is 0. The van der Waals surface area contributed by atoms with E-state index in [-0.39, 0.29) is 11.8 Å². The van der Waals surface area contributed by atoms with Crippen molar-refractivity contribution in [1.29, 1.82) is 0 Å². The van der Waals surface area contributed by atoms with Crippen LogP contribution in [-0.4, -0.2) is 19.3 Å². The van der Waals surface area contributed by atoms with Crippen LogP contribution in [0.1, 0.15) is 19.3 Å². The van der Waals surface area contributed by atoms with Gasteiger partial charge in [0.2, 0.25) is 0 Å². The Balaban J connectivity index is 1.96. The first-order valence-corrected chi connectivity index (χ1v) is 5.67. The molecule has 1 aromatic carbocycles. The predicted molar refractivity (Wildman–Crippen MR) is 58.4 cm³/mol. The fourth-order valence-corrected chi connectivity index (χ4v) is 1.85. The minimum atomic E-state index is -1.44. The van der Waals surface area contributed by atoms with Crippen molar-refractivity contribution in [3.05, 3.63) is 29.6 Å². The molecule has 17 heavy (non-hydrogen) atoms. The van der Waals surface area contributed by atoms with Crippen LogP contribution in [0.5, 0.6) is 0 Å². The van der Waals surface area contributed by atoms with E-state index >= 15 is 0 Å². The molecule has 1 unspecified atom stereocenters. The van der Waals surface area contributed by atoms with Crippen molar-refractivity contribution in [3.8, 4) is 0 Å². The van der Waals surface area contributed by atoms with Gasteiger partial charge in [0.25, 0.3) is 0 Å². The normalized spacial score (nSPS) is 20.3. The topological polar surface area (TPSA) is 21.3 Å². The molecule has 0 radical (unpaired) electrons. The van der Waals surface area contributed by atoms with Gasteiger partial charge in [-0.3, -0.25) is 0 Å². The molecule has 5 heteroatoms. The quantitative estimate of drug-likeness (QED) is 0.826. The summed E-state index contributed by atoms with van der Waals surface area (Å²) in [4.78, 5) is 0. The lowest BCUT2D eigenvalue weighted by Gasteiger charge is -2.23. The number of hydrogen-bond donors (Lipinski definition) is 1. The van der Waals surface area contributed by atoms with Crippen LogP contribution < -0.4 is 5.32 Å². The SMILES string of the molecule is Fc1ccc(NCC2CCCCO2)c(F)c1F. The molecule has 0 bridgehead atoms. The van der Waals surface area contributed by atoms with Crippen molar-refractivity contribution in [1.82, 2.24) is 0 Å². The van der Waals surface area contributed by atoms with Crippen LogP contribution in [0.15, 0.2) is 12.1 Å². The van der Waals surface area contributed by atoms with E-state index in [9.17, 15) is 13.2 Å². The molecule has 0 aromatic heterocycles. The molecule has 0 aliphatic carbocycles. The molecule has 1 atom stereocenters. The van der Waals surface area contributed by atoms with Gasteiger partial charge in [0.05, 0.1) is 11.8 Å². The van der Waals surface area contributed by atoms with Crippen LogP contribution in [0.3, 0.4) is 0 Å². The van der Waals surface area contributed by atoms with Gasteiger partial charge in [0.15, 0.2) is 17.5 Å². The van der Waals surface area contributed by atoms with Gasteiger partial charge in [-0.05, 0) is 31.4 Å². The van der Waals surface area contributed by atoms with Gasteiger partial charge in [0.1, 0.15) is 0 Å². The highest BCUT2D eigenvalue weighted by Crippen LogP contribution is 2.20. The van der Waals surface area contributed by atoms with Crippen LogP contribution >= 0.6 is 0 Å². The molecule has 2 rings (SSSR count). The Morgan fingerprint density at radius 3 is 2.71 bits per heavy atom. The average Bonchev–Trinajstić information content (AvgIpc) is 2.36. The van der Waals surface area contributed by atoms with Crippen LogP contribution in [0.2, 0.25) is 0 Å². The van der Waals surface area contributed by atoms with Crippen molar-refractivity contribution in [2.45, 2.75) is 25.4 Å². The van der Waals surface area contributed by atoms with Gasteiger partial charge < -0.3 is 10.1 Å². The van der Waals surface area contributed by atoms with Crippen LogP contribution in [0.25, 0.3) is 0 Å². The van der Waals surface area contributed by atoms with E-state index in [2.05, 4.69) is 5.32 Å². The van der Waals surface area contributed by atoms with Gasteiger partial charge in [0, 0.05) is 13.2 Å². The minimum Gasteiger partial charge on any atom is -0.380 e. The molecule has 1 aromatic rings. The first-order chi connectivity index (χ1) is 8.18. The first-order valence-electron chi connectivity index (χ1n) is 5.67. The number of anilines is 1. The highest BCUT2D eigenvalue weighted by Gasteiger charge is 2.16. The Morgan fingerprint density at radius 1 is 1.18 bits per heavy atom. The summed E-state index contributed by atoms with van der Waals surface area (Å²) < 4.78 is 44.4. The lowest BCUT2D eigenvalue weighted by atomic mass is 10.1. The Morgan fingerprint density at radius 2 is 2.00 bits per heavy atom. The largest absolute Gasteiger partial charge is 0.380 e. The van der Waals surface area contributed by atoms with Crippen molar-refractivity contribution < 1.29 is 17.9 Å². The highest BCUT2D eigenvalue weighted by molar-refractivity contribution is 5.45. The van der Waals surface area contributed by atoms with E-state index in [0.29, 0.717) is 13.2 Å². The first kappa shape index (κ1) is 12.2. The van der Waals surface area contributed by atoms with E-state index < -0.39 is 17.5 Å². The van der Waals surface area contributed by atoms with Gasteiger partial charge in [-0.25, -0.2) is 13.2 Å². The van der Waals surface area contributed by atoms with Gasteiger partial charge in [-0.15, -0.1) is 0 Å². The zero-order valence-corrected chi connectivity index (χ0v) is 9.31. The number of ether oxygens (including phenoxy) is 1. The predicted octanol–water partition coefficient (Wildman–Crippen LogP) is 3.08. The molecule has 1 fully saturated rings. The van der Waals surface area contributed by atoms with E-state index in [1.807, 2.05) is 0 Å². The minimum absolute atomic E-state index is 0.0104. The average molecular weight is 245 g/mol. The van der Waals surface area contributed by atoms with Crippen LogP contribution in [-0.2, 0) is 4.74 Å². The Labute approximate surface area is 97.8 Å². The van der Waals surface area contributed by atoms with Crippen LogP contribution in [0, 0.1) is 17.5 Å². The molecule has 0 saturated carbocycles. The van der Waals surface area contributed by atoms with E-state index in [0.717, 1.165) is 25.3 Å². The third-order valence-electron chi connectivity index (χ3n) is 2.83. The Bertz CT molecular complexity index is 392. The fraction of sp³-hybridized carbons (Fsp3) is 0.500. The lowest BCUT2D eigenvalue weighted by molar-refractivity contribution is 0.0247. The van der Waals surface area contributed by atoms with Gasteiger partial charge in [-0.1, -0.05) is 0 Å². The molecule has 0 spiro atoms. The van der Waals surface area contributed by atoms with E-state index in [1.165, 1.54) is 6.07 Å². The molecule has 1 saturated heterocycles. The number of rotatable bonds is 3. The lowest BCUT2D eigenvalue weighted by Crippen LogP contribution is -2.27. The number of benzene rings is 1.